The average Bonchev–Trinajstić information content (AvgIpc) is 2.87. The number of nitrogens with zero attached hydrogens (tertiary/aromatic N) is 4. The van der Waals surface area contributed by atoms with E-state index in [-0.39, 0.29) is 17.1 Å². The van der Waals surface area contributed by atoms with E-state index in [9.17, 15) is 17.5 Å². The van der Waals surface area contributed by atoms with Crippen molar-refractivity contribution in [3.05, 3.63) is 60.7 Å². The van der Waals surface area contributed by atoms with Crippen LogP contribution in [0.4, 0.5) is 0 Å². The molecule has 0 saturated carbocycles. The fourth-order valence-electron chi connectivity index (χ4n) is 3.41. The quantitative estimate of drug-likeness (QED) is 0.387. The Morgan fingerprint density at radius 3 is 0.946 bits per heavy atom. The van der Waals surface area contributed by atoms with Crippen LogP contribution in [0.25, 0.3) is 0 Å². The maximum Gasteiger partial charge on any atom is 6.00 e. The van der Waals surface area contributed by atoms with Gasteiger partial charge in [0.1, 0.15) is 0 Å². The molecule has 0 bridgehead atoms. The van der Waals surface area contributed by atoms with Crippen molar-refractivity contribution in [2.75, 3.05) is 80.5 Å². The minimum Gasteiger partial charge on any atom is -0.768 e. The van der Waals surface area contributed by atoms with Gasteiger partial charge in [-0.05, 0) is 114 Å². The molecule has 206 valence electrons. The van der Waals surface area contributed by atoms with Gasteiger partial charge in [0.25, 0.3) is 0 Å². The minimum atomic E-state index is -2.08. The summed E-state index contributed by atoms with van der Waals surface area (Å²) in [6.45, 7) is 9.63. The van der Waals surface area contributed by atoms with Crippen molar-refractivity contribution in [1.29, 1.82) is 0 Å². The van der Waals surface area contributed by atoms with Gasteiger partial charge in [0.15, 0.2) is 0 Å². The van der Waals surface area contributed by atoms with Gasteiger partial charge >= 0.3 is 17.1 Å². The fourth-order valence-corrected chi connectivity index (χ4v) is 4.17. The van der Waals surface area contributed by atoms with Crippen molar-refractivity contribution in [3.63, 3.8) is 0 Å². The van der Waals surface area contributed by atoms with Gasteiger partial charge in [-0.3, -0.25) is 8.42 Å². The second-order valence-electron chi connectivity index (χ2n) is 9.02. The topological polar surface area (TPSA) is 93.2 Å². The number of likely N-dealkylation sites (N-methyl/N-ethyl adjacent to an activating group) is 4. The van der Waals surface area contributed by atoms with Crippen LogP contribution in [0.5, 0.6) is 0 Å². The van der Waals surface area contributed by atoms with Crippen LogP contribution in [0.1, 0.15) is 12.8 Å². The second kappa shape index (κ2) is 21.9. The smallest absolute Gasteiger partial charge is 0.768 e. The summed E-state index contributed by atoms with van der Waals surface area (Å²) in [7, 11) is 8.97. The molecule has 11 heteroatoms. The van der Waals surface area contributed by atoms with Crippen LogP contribution >= 0.6 is 0 Å². The largest absolute Gasteiger partial charge is 6.00 e. The predicted octanol–water partition coefficient (Wildman–Crippen LogP) is 2.35. The zero-order chi connectivity index (χ0) is 26.8. The molecule has 2 aromatic carbocycles. The Morgan fingerprint density at radius 1 is 0.514 bits per heavy atom. The molecule has 1 fully saturated rings. The normalized spacial score (nSPS) is 19.0. The van der Waals surface area contributed by atoms with Gasteiger partial charge in [0, 0.05) is 36.0 Å². The molecule has 2 aromatic rings. The van der Waals surface area contributed by atoms with E-state index in [4.69, 9.17) is 0 Å². The van der Waals surface area contributed by atoms with Crippen molar-refractivity contribution in [3.8, 4) is 0 Å². The molecule has 0 N–H and O–H groups in total. The Bertz CT molecular complexity index is 777. The summed E-state index contributed by atoms with van der Waals surface area (Å²) in [5.41, 5.74) is 0. The molecule has 3 rings (SSSR count). The Kier molecular flexibility index (Phi) is 21.3. The molecule has 8 nitrogen and oxygen atoms in total. The Balaban J connectivity index is 0.000000572. The van der Waals surface area contributed by atoms with Crippen LogP contribution < -0.4 is 0 Å². The standard InChI is InChI=1S/C14H32N4.2C6H6O2S.Fe/c1-15-7-5-8-17(3)13-14-18(4)10-6-9-16(2)12-11-15;2*7-9(8)6-4-2-1-3-5-6;/h5-14H2,1-4H3;2*1-5H,(H,7,8);/q;;;+6/p-2. The number of hydrogen-bond acceptors (Lipinski definition) is 8. The van der Waals surface area contributed by atoms with Crippen LogP contribution in [-0.2, 0) is 39.2 Å². The fraction of sp³-hybridized carbons (Fsp3) is 0.538. The van der Waals surface area contributed by atoms with Crippen LogP contribution in [-0.4, -0.2) is 118 Å². The van der Waals surface area contributed by atoms with Crippen LogP contribution in [0, 0.1) is 0 Å². The maximum atomic E-state index is 10.2. The monoisotopic (exact) mass is 594 g/mol. The van der Waals surface area contributed by atoms with Crippen molar-refractivity contribution < 1.29 is 34.6 Å². The molecule has 0 radical (unpaired) electrons. The zero-order valence-electron chi connectivity index (χ0n) is 22.4. The summed E-state index contributed by atoms with van der Waals surface area (Å²) in [5.74, 6) is 0. The first kappa shape index (κ1) is 36.0. The van der Waals surface area contributed by atoms with Gasteiger partial charge in [-0.1, -0.05) is 36.4 Å². The first-order valence-electron chi connectivity index (χ1n) is 12.2. The van der Waals surface area contributed by atoms with Crippen LogP contribution in [0.3, 0.4) is 0 Å². The molecule has 1 aliphatic rings. The van der Waals surface area contributed by atoms with E-state index in [1.807, 2.05) is 0 Å². The third-order valence-corrected chi connectivity index (χ3v) is 7.07. The SMILES string of the molecule is CN1CCCN(C)CCN(C)CCCN(C)CC1.O=S([O-])c1ccccc1.O=S([O-])c1ccccc1.[Fe+6]. The van der Waals surface area contributed by atoms with E-state index < -0.39 is 22.2 Å². The van der Waals surface area contributed by atoms with Gasteiger partial charge in [0.05, 0.1) is 0 Å². The molecular formula is C26H42FeN4O4S2+4. The Morgan fingerprint density at radius 2 is 0.757 bits per heavy atom. The summed E-state index contributed by atoms with van der Waals surface area (Å²) in [4.78, 5) is 10.5. The van der Waals surface area contributed by atoms with E-state index in [1.165, 1.54) is 65.2 Å². The van der Waals surface area contributed by atoms with E-state index >= 15 is 0 Å². The molecule has 2 atom stereocenters. The molecule has 0 spiro atoms. The number of rotatable bonds is 2. The van der Waals surface area contributed by atoms with Crippen molar-refractivity contribution in [2.24, 2.45) is 0 Å². The van der Waals surface area contributed by atoms with E-state index in [2.05, 4.69) is 47.8 Å². The van der Waals surface area contributed by atoms with E-state index in [0.717, 1.165) is 0 Å². The molecule has 0 aliphatic carbocycles. The van der Waals surface area contributed by atoms with Gasteiger partial charge < -0.3 is 28.7 Å². The second-order valence-corrected chi connectivity index (χ2v) is 10.9. The summed E-state index contributed by atoms with van der Waals surface area (Å²) in [6, 6.07) is 16.5. The number of benzene rings is 2. The molecular weight excluding hydrogens is 552 g/mol. The average molecular weight is 595 g/mol. The summed E-state index contributed by atoms with van der Waals surface area (Å²) in [5, 5.41) is 0. The van der Waals surface area contributed by atoms with Gasteiger partial charge in [-0.2, -0.15) is 0 Å². The zero-order valence-corrected chi connectivity index (χ0v) is 25.2. The van der Waals surface area contributed by atoms with Crippen LogP contribution in [0.15, 0.2) is 70.5 Å². The van der Waals surface area contributed by atoms with Crippen molar-refractivity contribution >= 4 is 22.2 Å². The summed E-state index contributed by atoms with van der Waals surface area (Å²) in [6.07, 6.45) is 2.56. The number of hydrogen-bond donors (Lipinski definition) is 0. The molecule has 1 heterocycles. The van der Waals surface area contributed by atoms with Gasteiger partial charge in [-0.15, -0.1) is 0 Å². The maximum absolute atomic E-state index is 10.2. The van der Waals surface area contributed by atoms with E-state index in [1.54, 1.807) is 60.7 Å². The minimum absolute atomic E-state index is 0. The molecule has 0 amide bonds. The molecule has 0 aromatic heterocycles. The van der Waals surface area contributed by atoms with Crippen molar-refractivity contribution in [2.45, 2.75) is 22.6 Å². The first-order valence-corrected chi connectivity index (χ1v) is 14.4. The molecule has 37 heavy (non-hydrogen) atoms. The molecule has 1 saturated heterocycles. The third-order valence-electron chi connectivity index (χ3n) is 5.76. The van der Waals surface area contributed by atoms with E-state index in [0.29, 0.717) is 9.79 Å². The molecule has 2 unspecified atom stereocenters. The molecule has 1 aliphatic heterocycles. The van der Waals surface area contributed by atoms with Crippen LogP contribution in [0.2, 0.25) is 0 Å². The van der Waals surface area contributed by atoms with Gasteiger partial charge in [-0.25, -0.2) is 0 Å². The Labute approximate surface area is 239 Å². The third kappa shape index (κ3) is 18.8. The predicted molar refractivity (Wildman–Crippen MR) is 146 cm³/mol. The van der Waals surface area contributed by atoms with Crippen molar-refractivity contribution in [1.82, 2.24) is 19.6 Å². The summed E-state index contributed by atoms with van der Waals surface area (Å²) < 4.78 is 40.8. The first-order chi connectivity index (χ1) is 17.2. The van der Waals surface area contributed by atoms with Gasteiger partial charge in [0.2, 0.25) is 0 Å². The Hall–Kier alpha value is -0.981. The summed E-state index contributed by atoms with van der Waals surface area (Å²) >= 11 is -4.16.